The van der Waals surface area contributed by atoms with Crippen LogP contribution in [0.5, 0.6) is 5.75 Å². The number of nitrogens with one attached hydrogen (secondary N) is 1. The average molecular weight is 277 g/mol. The zero-order chi connectivity index (χ0) is 12.2. The van der Waals surface area contributed by atoms with E-state index in [1.54, 1.807) is 6.20 Å². The van der Waals surface area contributed by atoms with Gasteiger partial charge in [-0.15, -0.1) is 12.4 Å². The first-order chi connectivity index (χ1) is 8.92. The largest absolute Gasteiger partial charge is 0.487 e. The molecule has 0 bridgehead atoms. The van der Waals surface area contributed by atoms with Gasteiger partial charge in [0.2, 0.25) is 0 Å². The van der Waals surface area contributed by atoms with Crippen molar-refractivity contribution in [3.8, 4) is 16.9 Å². The lowest BCUT2D eigenvalue weighted by atomic mass is 10.1. The number of pyridine rings is 1. The molecule has 2 aromatic rings. The van der Waals surface area contributed by atoms with Gasteiger partial charge < -0.3 is 10.1 Å². The van der Waals surface area contributed by atoms with Crippen LogP contribution in [0.1, 0.15) is 6.42 Å². The number of benzene rings is 1. The van der Waals surface area contributed by atoms with Gasteiger partial charge in [-0.25, -0.2) is 0 Å². The van der Waals surface area contributed by atoms with Gasteiger partial charge in [-0.05, 0) is 24.6 Å². The topological polar surface area (TPSA) is 34.1 Å². The van der Waals surface area contributed by atoms with E-state index in [2.05, 4.69) is 28.5 Å². The summed E-state index contributed by atoms with van der Waals surface area (Å²) in [4.78, 5) is 4.26. The van der Waals surface area contributed by atoms with Gasteiger partial charge in [0, 0.05) is 18.3 Å². The van der Waals surface area contributed by atoms with Crippen LogP contribution in [0.2, 0.25) is 0 Å². The highest BCUT2D eigenvalue weighted by Crippen LogP contribution is 2.23. The fourth-order valence-electron chi connectivity index (χ4n) is 2.19. The lowest BCUT2D eigenvalue weighted by Crippen LogP contribution is -2.19. The molecule has 1 aliphatic heterocycles. The van der Waals surface area contributed by atoms with E-state index in [1.807, 2.05) is 24.4 Å². The molecule has 1 aromatic heterocycles. The first kappa shape index (κ1) is 13.8. The van der Waals surface area contributed by atoms with Crippen molar-refractivity contribution in [3.63, 3.8) is 0 Å². The molecule has 1 N–H and O–H groups in total. The Hall–Kier alpha value is -1.58. The molecule has 1 aliphatic rings. The molecular weight excluding hydrogens is 260 g/mol. The predicted molar refractivity (Wildman–Crippen MR) is 78.8 cm³/mol. The summed E-state index contributed by atoms with van der Waals surface area (Å²) >= 11 is 0. The van der Waals surface area contributed by atoms with E-state index in [9.17, 15) is 0 Å². The third-order valence-corrected chi connectivity index (χ3v) is 3.14. The van der Waals surface area contributed by atoms with Crippen LogP contribution in [0.25, 0.3) is 11.1 Å². The average Bonchev–Trinajstić information content (AvgIpc) is 2.93. The van der Waals surface area contributed by atoms with Gasteiger partial charge in [-0.1, -0.05) is 30.3 Å². The number of aromatic nitrogens is 1. The number of ether oxygens (including phenoxy) is 1. The maximum atomic E-state index is 5.91. The zero-order valence-corrected chi connectivity index (χ0v) is 11.4. The van der Waals surface area contributed by atoms with Crippen LogP contribution in [0.4, 0.5) is 0 Å². The van der Waals surface area contributed by atoms with E-state index < -0.39 is 0 Å². The van der Waals surface area contributed by atoms with Crippen molar-refractivity contribution in [2.24, 2.45) is 0 Å². The monoisotopic (exact) mass is 276 g/mol. The Bertz CT molecular complexity index is 513. The molecule has 1 saturated heterocycles. The molecule has 0 saturated carbocycles. The fourth-order valence-corrected chi connectivity index (χ4v) is 2.19. The molecule has 0 aliphatic carbocycles. The van der Waals surface area contributed by atoms with Gasteiger partial charge in [-0.2, -0.15) is 0 Å². The second-order valence-electron chi connectivity index (χ2n) is 4.51. The highest BCUT2D eigenvalue weighted by atomic mass is 35.5. The number of rotatable bonds is 3. The van der Waals surface area contributed by atoms with Gasteiger partial charge >= 0.3 is 0 Å². The minimum absolute atomic E-state index is 0. The summed E-state index contributed by atoms with van der Waals surface area (Å²) in [6.07, 6.45) is 4.99. The third kappa shape index (κ3) is 3.46. The summed E-state index contributed by atoms with van der Waals surface area (Å²) in [5.74, 6) is 0.852. The number of hydrogen-bond acceptors (Lipinski definition) is 3. The summed E-state index contributed by atoms with van der Waals surface area (Å²) in [6.45, 7) is 1.96. The Balaban J connectivity index is 0.00000133. The van der Waals surface area contributed by atoms with Crippen LogP contribution in [-0.4, -0.2) is 24.2 Å². The van der Waals surface area contributed by atoms with Crippen LogP contribution in [-0.2, 0) is 0 Å². The number of halogens is 1. The summed E-state index contributed by atoms with van der Waals surface area (Å²) in [5, 5.41) is 3.29. The highest BCUT2D eigenvalue weighted by Gasteiger charge is 2.16. The van der Waals surface area contributed by atoms with Crippen LogP contribution in [0.15, 0.2) is 48.8 Å². The Morgan fingerprint density at radius 1 is 1.11 bits per heavy atom. The molecule has 19 heavy (non-hydrogen) atoms. The maximum Gasteiger partial charge on any atom is 0.138 e. The van der Waals surface area contributed by atoms with Crippen molar-refractivity contribution in [2.75, 3.05) is 13.1 Å². The fraction of sp³-hybridized carbons (Fsp3) is 0.267. The SMILES string of the molecule is Cl.c1ccc(-c2cncc(O[C@@H]3CCNC3)c2)cc1. The summed E-state index contributed by atoms with van der Waals surface area (Å²) in [5.41, 5.74) is 2.26. The lowest BCUT2D eigenvalue weighted by Gasteiger charge is -2.12. The first-order valence-corrected chi connectivity index (χ1v) is 6.30. The van der Waals surface area contributed by atoms with Crippen molar-refractivity contribution < 1.29 is 4.74 Å². The quantitative estimate of drug-likeness (QED) is 0.936. The van der Waals surface area contributed by atoms with Gasteiger partial charge in [0.05, 0.1) is 6.20 Å². The molecule has 0 unspecified atom stereocenters. The highest BCUT2D eigenvalue weighted by molar-refractivity contribution is 5.85. The summed E-state index contributed by atoms with van der Waals surface area (Å²) in [7, 11) is 0. The molecule has 3 rings (SSSR count). The third-order valence-electron chi connectivity index (χ3n) is 3.14. The van der Waals surface area contributed by atoms with E-state index in [0.717, 1.165) is 30.8 Å². The van der Waals surface area contributed by atoms with Gasteiger partial charge in [-0.3, -0.25) is 4.98 Å². The van der Waals surface area contributed by atoms with E-state index in [0.29, 0.717) is 0 Å². The van der Waals surface area contributed by atoms with Crippen LogP contribution < -0.4 is 10.1 Å². The van der Waals surface area contributed by atoms with Crippen molar-refractivity contribution in [2.45, 2.75) is 12.5 Å². The number of nitrogens with zero attached hydrogens (tertiary/aromatic N) is 1. The van der Waals surface area contributed by atoms with Crippen molar-refractivity contribution in [1.82, 2.24) is 10.3 Å². The van der Waals surface area contributed by atoms with Crippen LogP contribution in [0.3, 0.4) is 0 Å². The molecular formula is C15H17ClN2O. The van der Waals surface area contributed by atoms with E-state index >= 15 is 0 Å². The molecule has 1 aromatic carbocycles. The molecule has 1 fully saturated rings. The standard InChI is InChI=1S/C15H16N2O.ClH/c1-2-4-12(5-3-1)13-8-15(11-17-9-13)18-14-6-7-16-10-14;/h1-5,8-9,11,14,16H,6-7,10H2;1H/t14-;/m1./s1. The second kappa shape index (κ2) is 6.55. The smallest absolute Gasteiger partial charge is 0.138 e. The maximum absolute atomic E-state index is 5.91. The zero-order valence-electron chi connectivity index (χ0n) is 10.6. The van der Waals surface area contributed by atoms with Gasteiger partial charge in [0.15, 0.2) is 0 Å². The Morgan fingerprint density at radius 3 is 2.68 bits per heavy atom. The van der Waals surface area contributed by atoms with Gasteiger partial charge in [0.1, 0.15) is 11.9 Å². The minimum Gasteiger partial charge on any atom is -0.487 e. The van der Waals surface area contributed by atoms with Crippen molar-refractivity contribution in [1.29, 1.82) is 0 Å². The summed E-state index contributed by atoms with van der Waals surface area (Å²) in [6, 6.07) is 12.3. The molecule has 3 nitrogen and oxygen atoms in total. The van der Waals surface area contributed by atoms with E-state index in [-0.39, 0.29) is 18.5 Å². The molecule has 1 atom stereocenters. The van der Waals surface area contributed by atoms with E-state index in [1.165, 1.54) is 5.56 Å². The molecule has 2 heterocycles. The Kier molecular flexibility index (Phi) is 4.77. The second-order valence-corrected chi connectivity index (χ2v) is 4.51. The molecule has 0 spiro atoms. The Morgan fingerprint density at radius 2 is 1.95 bits per heavy atom. The summed E-state index contributed by atoms with van der Waals surface area (Å²) < 4.78 is 5.91. The predicted octanol–water partition coefficient (Wildman–Crippen LogP) is 2.91. The first-order valence-electron chi connectivity index (χ1n) is 6.30. The molecule has 4 heteroatoms. The minimum atomic E-state index is 0. The van der Waals surface area contributed by atoms with Crippen molar-refractivity contribution >= 4 is 12.4 Å². The van der Waals surface area contributed by atoms with Crippen molar-refractivity contribution in [3.05, 3.63) is 48.8 Å². The van der Waals surface area contributed by atoms with Crippen LogP contribution >= 0.6 is 12.4 Å². The van der Waals surface area contributed by atoms with Crippen LogP contribution in [0, 0.1) is 0 Å². The molecule has 0 radical (unpaired) electrons. The van der Waals surface area contributed by atoms with E-state index in [4.69, 9.17) is 4.74 Å². The number of hydrogen-bond donors (Lipinski definition) is 1. The lowest BCUT2D eigenvalue weighted by molar-refractivity contribution is 0.222. The van der Waals surface area contributed by atoms with Gasteiger partial charge in [0.25, 0.3) is 0 Å². The molecule has 0 amide bonds. The molecule has 100 valence electrons. The Labute approximate surface area is 119 Å². The normalized spacial score (nSPS) is 17.8.